The summed E-state index contributed by atoms with van der Waals surface area (Å²) in [6.45, 7) is 10.9. The summed E-state index contributed by atoms with van der Waals surface area (Å²) in [7, 11) is 26.8. The summed E-state index contributed by atoms with van der Waals surface area (Å²) in [4.78, 5) is 0. The lowest BCUT2D eigenvalue weighted by Crippen LogP contribution is -2.52. The number of hydrogen-bond acceptors (Lipinski definition) is 2. The van der Waals surface area contributed by atoms with Crippen molar-refractivity contribution in [3.63, 3.8) is 0 Å². The van der Waals surface area contributed by atoms with Gasteiger partial charge in [-0.15, -0.1) is 0 Å². The third-order valence-electron chi connectivity index (χ3n) is 7.58. The van der Waals surface area contributed by atoms with Crippen LogP contribution in [0, 0.1) is 17.2 Å². The maximum atomic E-state index is 12.0. The van der Waals surface area contributed by atoms with E-state index in [2.05, 4.69) is 123 Å². The minimum atomic E-state index is -0.331. The fourth-order valence-electron chi connectivity index (χ4n) is 6.06. The summed E-state index contributed by atoms with van der Waals surface area (Å²) >= 11 is 0. The Hall–Kier alpha value is -0.130. The van der Waals surface area contributed by atoms with Crippen LogP contribution < -0.4 is 5.32 Å². The van der Waals surface area contributed by atoms with Crippen LogP contribution >= 0.6 is 65.1 Å². The van der Waals surface area contributed by atoms with Gasteiger partial charge < -0.3 is 10.4 Å². The molecule has 206 valence electrons. The predicted octanol–water partition coefficient (Wildman–Crippen LogP) is 10.7. The first-order valence-electron chi connectivity index (χ1n) is 11.8. The van der Waals surface area contributed by atoms with Crippen LogP contribution in [0.4, 0.5) is 4.39 Å². The second-order valence-electron chi connectivity index (χ2n) is 10.1. The van der Waals surface area contributed by atoms with E-state index in [4.69, 9.17) is 5.11 Å². The zero-order chi connectivity index (χ0) is 27.9. The highest BCUT2D eigenvalue weighted by molar-refractivity contribution is 6.86. The van der Waals surface area contributed by atoms with Crippen molar-refractivity contribution in [3.05, 3.63) is 65.0 Å². The van der Waals surface area contributed by atoms with Gasteiger partial charge >= 0.3 is 0 Å². The molecule has 2 aromatic carbocycles. The average molecular weight is 624 g/mol. The van der Waals surface area contributed by atoms with Crippen molar-refractivity contribution in [1.82, 2.24) is 5.32 Å². The minimum Gasteiger partial charge on any atom is -0.508 e. The first-order chi connectivity index (χ1) is 17.2. The number of phenols is 1. The molecule has 2 aromatic rings. The number of phenolic OH excluding ortho intramolecular Hbond substituents is 1. The number of fused-ring (bicyclic) bond motifs is 3. The summed E-state index contributed by atoms with van der Waals surface area (Å²) in [5.74, 6) is 1.21. The van der Waals surface area contributed by atoms with Crippen molar-refractivity contribution in [2.75, 3.05) is 13.6 Å². The first kappa shape index (κ1) is 35.9. The highest BCUT2D eigenvalue weighted by Crippen LogP contribution is 2.57. The van der Waals surface area contributed by atoms with Crippen molar-refractivity contribution < 1.29 is 9.50 Å². The summed E-state index contributed by atoms with van der Waals surface area (Å²) in [5, 5.41) is 12.1. The number of hydrogen-bond donors (Lipinski definition) is 2. The molecule has 4 rings (SSSR count). The van der Waals surface area contributed by atoms with Crippen LogP contribution in [-0.4, -0.2) is 18.7 Å². The van der Waals surface area contributed by atoms with Crippen LogP contribution in [0.25, 0.3) is 0 Å². The van der Waals surface area contributed by atoms with Crippen LogP contribution in [0.15, 0.2) is 42.5 Å². The van der Waals surface area contributed by atoms with Crippen molar-refractivity contribution in [2.24, 2.45) is 11.3 Å². The molecule has 1 fully saturated rings. The largest absolute Gasteiger partial charge is 0.508 e. The molecule has 0 amide bonds. The van der Waals surface area contributed by atoms with Gasteiger partial charge in [0, 0.05) is 71.7 Å². The Balaban J connectivity index is 0.000000731. The molecule has 2 nitrogen and oxygen atoms in total. The standard InChI is InChI=1S/C21H33N.C6H5FO.3Cl2/c1-15(2)16-7-9-18-17(13-16)8-10-19-20(3,14-22-5)11-6-12-21(18,19)4;7-5-1-3-6(8)4-2-5;3*1-2/h7,9,13,15,19,22H,6,8,10-12,14H2,1-5H3;1-4,8H;;;. The SMILES string of the molecule is CNCC1(C)CCCC2(C)c3ccc(C(C)C)cc3CCC12.ClCl.ClCl.ClCl.Oc1ccc(F)cc1. The molecule has 3 unspecified atom stereocenters. The van der Waals surface area contributed by atoms with E-state index in [0.29, 0.717) is 16.7 Å². The molecule has 3 atom stereocenters. The Labute approximate surface area is 245 Å². The third-order valence-corrected chi connectivity index (χ3v) is 7.58. The third kappa shape index (κ3) is 9.56. The highest BCUT2D eigenvalue weighted by atomic mass is 36.5. The second kappa shape index (κ2) is 18.2. The van der Waals surface area contributed by atoms with Gasteiger partial charge in [0.1, 0.15) is 11.6 Å². The highest BCUT2D eigenvalue weighted by Gasteiger charge is 2.51. The number of aromatic hydroxyl groups is 1. The van der Waals surface area contributed by atoms with Crippen molar-refractivity contribution >= 4 is 65.1 Å². The van der Waals surface area contributed by atoms with Crippen molar-refractivity contribution in [1.29, 1.82) is 0 Å². The van der Waals surface area contributed by atoms with E-state index >= 15 is 0 Å². The van der Waals surface area contributed by atoms with E-state index in [-0.39, 0.29) is 11.6 Å². The lowest BCUT2D eigenvalue weighted by Gasteiger charge is -2.55. The van der Waals surface area contributed by atoms with Gasteiger partial charge in [0.15, 0.2) is 0 Å². The number of aryl methyl sites for hydroxylation is 1. The van der Waals surface area contributed by atoms with Gasteiger partial charge in [-0.2, -0.15) is 0 Å². The molecule has 0 saturated heterocycles. The second-order valence-corrected chi connectivity index (χ2v) is 10.1. The van der Waals surface area contributed by atoms with Gasteiger partial charge in [0.25, 0.3) is 0 Å². The molecule has 0 bridgehead atoms. The van der Waals surface area contributed by atoms with Gasteiger partial charge in [-0.3, -0.25) is 0 Å². The van der Waals surface area contributed by atoms with Crippen molar-refractivity contribution in [3.8, 4) is 5.75 Å². The summed E-state index contributed by atoms with van der Waals surface area (Å²) in [6, 6.07) is 12.4. The predicted molar refractivity (Wildman–Crippen MR) is 159 cm³/mol. The fraction of sp³-hybridized carbons (Fsp3) is 0.556. The van der Waals surface area contributed by atoms with Gasteiger partial charge in [0.05, 0.1) is 0 Å². The Morgan fingerprint density at radius 2 is 1.56 bits per heavy atom. The number of benzene rings is 2. The zero-order valence-corrected chi connectivity index (χ0v) is 26.1. The van der Waals surface area contributed by atoms with E-state index in [1.807, 2.05) is 0 Å². The monoisotopic (exact) mass is 621 g/mol. The smallest absolute Gasteiger partial charge is 0.123 e. The maximum absolute atomic E-state index is 12.0. The molecule has 1 saturated carbocycles. The van der Waals surface area contributed by atoms with Crippen molar-refractivity contribution in [2.45, 2.75) is 71.1 Å². The van der Waals surface area contributed by atoms with Crippen LogP contribution in [-0.2, 0) is 11.8 Å². The molecular weight excluding hydrogens is 586 g/mol. The fourth-order valence-corrected chi connectivity index (χ4v) is 6.06. The van der Waals surface area contributed by atoms with Crippen LogP contribution in [0.1, 0.15) is 76.0 Å². The molecule has 36 heavy (non-hydrogen) atoms. The molecule has 0 aromatic heterocycles. The Kier molecular flexibility index (Phi) is 18.1. The maximum Gasteiger partial charge on any atom is 0.123 e. The van der Waals surface area contributed by atoms with E-state index in [1.54, 1.807) is 11.1 Å². The van der Waals surface area contributed by atoms with Gasteiger partial charge in [0.2, 0.25) is 0 Å². The minimum absolute atomic E-state index is 0.0893. The summed E-state index contributed by atoms with van der Waals surface area (Å²) in [5.41, 5.74) is 5.65. The Bertz CT molecular complexity index is 845. The topological polar surface area (TPSA) is 32.3 Å². The van der Waals surface area contributed by atoms with E-state index in [1.165, 1.54) is 61.9 Å². The molecule has 0 spiro atoms. The number of nitrogens with one attached hydrogen (secondary N) is 1. The van der Waals surface area contributed by atoms with E-state index in [9.17, 15) is 4.39 Å². The van der Waals surface area contributed by atoms with Gasteiger partial charge in [-0.1, -0.05) is 52.3 Å². The van der Waals surface area contributed by atoms with Gasteiger partial charge in [-0.05, 0) is 96.4 Å². The quantitative estimate of drug-likeness (QED) is 0.356. The Morgan fingerprint density at radius 1 is 0.972 bits per heavy atom. The molecule has 0 aliphatic heterocycles. The lowest BCUT2D eigenvalue weighted by molar-refractivity contribution is 0.0273. The molecule has 9 heteroatoms. The van der Waals surface area contributed by atoms with E-state index < -0.39 is 0 Å². The molecule has 2 N–H and O–H groups in total. The van der Waals surface area contributed by atoms with Gasteiger partial charge in [-0.25, -0.2) is 4.39 Å². The lowest BCUT2D eigenvalue weighted by atomic mass is 9.49. The normalized spacial score (nSPS) is 23.5. The number of rotatable bonds is 3. The molecular formula is C27H38Cl6FNO. The van der Waals surface area contributed by atoms with E-state index in [0.717, 1.165) is 12.5 Å². The zero-order valence-electron chi connectivity index (χ0n) is 21.5. The Morgan fingerprint density at radius 3 is 2.06 bits per heavy atom. The number of halogens is 7. The van der Waals surface area contributed by atoms with Crippen LogP contribution in [0.3, 0.4) is 0 Å². The van der Waals surface area contributed by atoms with Crippen LogP contribution in [0.2, 0.25) is 0 Å². The average Bonchev–Trinajstić information content (AvgIpc) is 2.89. The molecule has 2 aliphatic carbocycles. The van der Waals surface area contributed by atoms with Crippen LogP contribution in [0.5, 0.6) is 5.75 Å². The molecule has 0 heterocycles. The summed E-state index contributed by atoms with van der Waals surface area (Å²) in [6.07, 6.45) is 6.76. The molecule has 2 aliphatic rings. The summed E-state index contributed by atoms with van der Waals surface area (Å²) < 4.78 is 12.0. The first-order valence-corrected chi connectivity index (χ1v) is 15.3. The molecule has 0 radical (unpaired) electrons.